The Morgan fingerprint density at radius 3 is 2.58 bits per heavy atom. The van der Waals surface area contributed by atoms with E-state index in [0.29, 0.717) is 12.5 Å². The van der Waals surface area contributed by atoms with Crippen LogP contribution in [0, 0.1) is 0 Å². The smallest absolute Gasteiger partial charge is 0.253 e. The number of para-hydroxylation sites is 1. The molecule has 0 N–H and O–H groups in total. The van der Waals surface area contributed by atoms with E-state index in [0.717, 1.165) is 42.8 Å². The second-order valence-electron chi connectivity index (χ2n) is 6.54. The molecule has 1 fully saturated rings. The Labute approximate surface area is 157 Å². The molecule has 3 aromatic rings. The predicted molar refractivity (Wildman–Crippen MR) is 105 cm³/mol. The van der Waals surface area contributed by atoms with Crippen LogP contribution >= 0.6 is 11.3 Å². The van der Waals surface area contributed by atoms with Crippen molar-refractivity contribution in [1.29, 1.82) is 0 Å². The first-order chi connectivity index (χ1) is 12.7. The number of benzene rings is 2. The number of piperidine rings is 1. The molecule has 1 amide bonds. The molecule has 5 heteroatoms. The van der Waals surface area contributed by atoms with Gasteiger partial charge in [-0.25, -0.2) is 4.98 Å². The molecular formula is C21H22N2O2S. The van der Waals surface area contributed by atoms with Crippen molar-refractivity contribution in [3.8, 4) is 5.75 Å². The van der Waals surface area contributed by atoms with Crippen molar-refractivity contribution >= 4 is 27.5 Å². The highest BCUT2D eigenvalue weighted by Gasteiger charge is 2.26. The molecule has 4 rings (SSSR count). The maximum absolute atomic E-state index is 12.7. The molecule has 0 bridgehead atoms. The number of aromatic nitrogens is 1. The molecule has 0 unspecified atom stereocenters. The molecule has 1 aliphatic rings. The van der Waals surface area contributed by atoms with Gasteiger partial charge in [0.25, 0.3) is 5.91 Å². The van der Waals surface area contributed by atoms with Crippen LogP contribution < -0.4 is 4.74 Å². The Morgan fingerprint density at radius 1 is 1.15 bits per heavy atom. The summed E-state index contributed by atoms with van der Waals surface area (Å²) in [6.45, 7) is 4.15. The van der Waals surface area contributed by atoms with E-state index in [9.17, 15) is 4.79 Å². The van der Waals surface area contributed by atoms with Crippen LogP contribution in [0.4, 0.5) is 0 Å². The monoisotopic (exact) mass is 366 g/mol. The largest absolute Gasteiger partial charge is 0.494 e. The Kier molecular flexibility index (Phi) is 4.89. The summed E-state index contributed by atoms with van der Waals surface area (Å²) >= 11 is 1.79. The topological polar surface area (TPSA) is 42.4 Å². The Balaban J connectivity index is 1.40. The fourth-order valence-corrected chi connectivity index (χ4v) is 4.57. The summed E-state index contributed by atoms with van der Waals surface area (Å²) in [5.41, 5.74) is 1.81. The van der Waals surface area contributed by atoms with E-state index in [-0.39, 0.29) is 5.91 Å². The molecule has 2 heterocycles. The Bertz CT molecular complexity index is 863. The Morgan fingerprint density at radius 2 is 1.88 bits per heavy atom. The molecule has 4 nitrogen and oxygen atoms in total. The molecule has 0 saturated carbocycles. The lowest BCUT2D eigenvalue weighted by Gasteiger charge is -2.31. The van der Waals surface area contributed by atoms with E-state index in [4.69, 9.17) is 9.72 Å². The van der Waals surface area contributed by atoms with Gasteiger partial charge in [-0.15, -0.1) is 11.3 Å². The number of rotatable bonds is 4. The van der Waals surface area contributed by atoms with Gasteiger partial charge < -0.3 is 9.64 Å². The zero-order valence-electron chi connectivity index (χ0n) is 14.9. The SMILES string of the molecule is CCOc1ccc(C(=O)N2CCC(c3nc4ccccc4s3)CC2)cc1. The average molecular weight is 366 g/mol. The van der Waals surface area contributed by atoms with Gasteiger partial charge >= 0.3 is 0 Å². The third-order valence-corrected chi connectivity index (χ3v) is 6.05. The number of ether oxygens (including phenoxy) is 1. The summed E-state index contributed by atoms with van der Waals surface area (Å²) in [6, 6.07) is 15.7. The highest BCUT2D eigenvalue weighted by Crippen LogP contribution is 2.34. The van der Waals surface area contributed by atoms with Crippen molar-refractivity contribution in [2.45, 2.75) is 25.7 Å². The first kappa shape index (κ1) is 17.0. The molecule has 2 aromatic carbocycles. The van der Waals surface area contributed by atoms with E-state index in [1.807, 2.05) is 42.2 Å². The first-order valence-corrected chi connectivity index (χ1v) is 9.94. The standard InChI is InChI=1S/C21H22N2O2S/c1-2-25-17-9-7-16(8-10-17)21(24)23-13-11-15(12-14-23)20-22-18-5-3-4-6-19(18)26-20/h3-10,15H,2,11-14H2,1H3. The molecular weight excluding hydrogens is 344 g/mol. The molecule has 0 atom stereocenters. The number of hydrogen-bond acceptors (Lipinski definition) is 4. The maximum Gasteiger partial charge on any atom is 0.253 e. The zero-order valence-corrected chi connectivity index (χ0v) is 15.7. The number of amides is 1. The van der Waals surface area contributed by atoms with Gasteiger partial charge in [0, 0.05) is 24.6 Å². The molecule has 0 aliphatic carbocycles. The molecule has 1 aromatic heterocycles. The van der Waals surface area contributed by atoms with Crippen LogP contribution in [0.25, 0.3) is 10.2 Å². The van der Waals surface area contributed by atoms with Gasteiger partial charge in [0.1, 0.15) is 5.75 Å². The van der Waals surface area contributed by atoms with E-state index in [2.05, 4.69) is 18.2 Å². The van der Waals surface area contributed by atoms with Crippen LogP contribution in [0.3, 0.4) is 0 Å². The summed E-state index contributed by atoms with van der Waals surface area (Å²) in [4.78, 5) is 19.5. The number of fused-ring (bicyclic) bond motifs is 1. The van der Waals surface area contributed by atoms with Crippen LogP contribution in [-0.2, 0) is 0 Å². The van der Waals surface area contributed by atoms with Crippen LogP contribution in [0.15, 0.2) is 48.5 Å². The zero-order chi connectivity index (χ0) is 17.9. The summed E-state index contributed by atoms with van der Waals surface area (Å²) in [5, 5.41) is 1.21. The summed E-state index contributed by atoms with van der Waals surface area (Å²) in [7, 11) is 0. The average Bonchev–Trinajstić information content (AvgIpc) is 3.13. The minimum atomic E-state index is 0.107. The van der Waals surface area contributed by atoms with Crippen LogP contribution in [0.1, 0.15) is 41.0 Å². The van der Waals surface area contributed by atoms with Gasteiger partial charge in [0.2, 0.25) is 0 Å². The number of carbonyl (C=O) groups excluding carboxylic acids is 1. The normalized spacial score (nSPS) is 15.3. The number of thiazole rings is 1. The molecule has 0 spiro atoms. The second-order valence-corrected chi connectivity index (χ2v) is 7.61. The number of nitrogens with zero attached hydrogens (tertiary/aromatic N) is 2. The van der Waals surface area contributed by atoms with Gasteiger partial charge in [-0.2, -0.15) is 0 Å². The lowest BCUT2D eigenvalue weighted by molar-refractivity contribution is 0.0713. The second kappa shape index (κ2) is 7.46. The van der Waals surface area contributed by atoms with E-state index in [1.165, 1.54) is 9.71 Å². The van der Waals surface area contributed by atoms with Crippen LogP contribution in [-0.4, -0.2) is 35.5 Å². The number of likely N-dealkylation sites (tertiary alicyclic amines) is 1. The first-order valence-electron chi connectivity index (χ1n) is 9.12. The fourth-order valence-electron chi connectivity index (χ4n) is 3.44. The summed E-state index contributed by atoms with van der Waals surface area (Å²) in [6.07, 6.45) is 1.95. The van der Waals surface area contributed by atoms with E-state index >= 15 is 0 Å². The highest BCUT2D eigenvalue weighted by molar-refractivity contribution is 7.18. The van der Waals surface area contributed by atoms with Gasteiger partial charge in [0.15, 0.2) is 0 Å². The van der Waals surface area contributed by atoms with Crippen molar-refractivity contribution in [1.82, 2.24) is 9.88 Å². The van der Waals surface area contributed by atoms with E-state index < -0.39 is 0 Å². The molecule has 1 saturated heterocycles. The number of hydrogen-bond donors (Lipinski definition) is 0. The van der Waals surface area contributed by atoms with Crippen LogP contribution in [0.2, 0.25) is 0 Å². The number of carbonyl (C=O) groups is 1. The predicted octanol–water partition coefficient (Wildman–Crippen LogP) is 4.71. The third-order valence-electron chi connectivity index (χ3n) is 4.85. The summed E-state index contributed by atoms with van der Waals surface area (Å²) in [5.74, 6) is 1.37. The van der Waals surface area contributed by atoms with Gasteiger partial charge in [0.05, 0.1) is 21.8 Å². The van der Waals surface area contributed by atoms with Crippen molar-refractivity contribution in [2.75, 3.05) is 19.7 Å². The molecule has 26 heavy (non-hydrogen) atoms. The molecule has 0 radical (unpaired) electrons. The van der Waals surface area contributed by atoms with Crippen molar-refractivity contribution in [2.24, 2.45) is 0 Å². The minimum Gasteiger partial charge on any atom is -0.494 e. The van der Waals surface area contributed by atoms with Gasteiger partial charge in [-0.3, -0.25) is 4.79 Å². The minimum absolute atomic E-state index is 0.107. The maximum atomic E-state index is 12.7. The van der Waals surface area contributed by atoms with Crippen LogP contribution in [0.5, 0.6) is 5.75 Å². The Hall–Kier alpha value is -2.40. The lowest BCUT2D eigenvalue weighted by Crippen LogP contribution is -2.37. The van der Waals surface area contributed by atoms with Crippen molar-refractivity contribution < 1.29 is 9.53 Å². The van der Waals surface area contributed by atoms with Crippen molar-refractivity contribution in [3.05, 3.63) is 59.1 Å². The van der Waals surface area contributed by atoms with E-state index in [1.54, 1.807) is 11.3 Å². The fraction of sp³-hybridized carbons (Fsp3) is 0.333. The lowest BCUT2D eigenvalue weighted by atomic mass is 9.97. The van der Waals surface area contributed by atoms with Gasteiger partial charge in [-0.1, -0.05) is 12.1 Å². The highest BCUT2D eigenvalue weighted by atomic mass is 32.1. The van der Waals surface area contributed by atoms with Crippen molar-refractivity contribution in [3.63, 3.8) is 0 Å². The molecule has 1 aliphatic heterocycles. The molecule has 134 valence electrons. The third kappa shape index (κ3) is 3.44. The summed E-state index contributed by atoms with van der Waals surface area (Å²) < 4.78 is 6.69. The van der Waals surface area contributed by atoms with Gasteiger partial charge in [-0.05, 0) is 56.2 Å². The quantitative estimate of drug-likeness (QED) is 0.671.